The van der Waals surface area contributed by atoms with E-state index in [9.17, 15) is 9.90 Å². The summed E-state index contributed by atoms with van der Waals surface area (Å²) in [6, 6.07) is 0. The van der Waals surface area contributed by atoms with Gasteiger partial charge in [-0.05, 0) is 56.9 Å². The van der Waals surface area contributed by atoms with Crippen molar-refractivity contribution in [2.45, 2.75) is 34.6 Å². The van der Waals surface area contributed by atoms with E-state index in [0.29, 0.717) is 11.0 Å². The first kappa shape index (κ1) is 11.7. The Morgan fingerprint density at radius 2 is 1.35 bits per heavy atom. The molecular weight excluding hydrogens is 216 g/mol. The van der Waals surface area contributed by atoms with E-state index in [1.165, 1.54) is 0 Å². The molecule has 0 radical (unpaired) electrons. The van der Waals surface area contributed by atoms with Crippen LogP contribution in [-0.4, -0.2) is 5.11 Å². The van der Waals surface area contributed by atoms with Gasteiger partial charge >= 0.3 is 5.63 Å². The highest BCUT2D eigenvalue weighted by Gasteiger charge is 2.17. The predicted octanol–water partition coefficient (Wildman–Crippen LogP) is 3.04. The van der Waals surface area contributed by atoms with Gasteiger partial charge in [-0.25, -0.2) is 4.79 Å². The van der Waals surface area contributed by atoms with Gasteiger partial charge in [-0.1, -0.05) is 0 Å². The van der Waals surface area contributed by atoms with Crippen molar-refractivity contribution in [1.82, 2.24) is 0 Å². The van der Waals surface area contributed by atoms with Crippen LogP contribution in [-0.2, 0) is 0 Å². The number of hydrogen-bond acceptors (Lipinski definition) is 3. The molecule has 0 aliphatic heterocycles. The van der Waals surface area contributed by atoms with Gasteiger partial charge < -0.3 is 9.52 Å². The second-order valence-electron chi connectivity index (χ2n) is 4.57. The van der Waals surface area contributed by atoms with Crippen LogP contribution >= 0.6 is 0 Å². The minimum Gasteiger partial charge on any atom is -0.507 e. The van der Waals surface area contributed by atoms with Gasteiger partial charge in [0.2, 0.25) is 0 Å². The van der Waals surface area contributed by atoms with Gasteiger partial charge in [0.15, 0.2) is 0 Å². The Kier molecular flexibility index (Phi) is 2.49. The molecule has 1 aromatic carbocycles. The van der Waals surface area contributed by atoms with Gasteiger partial charge in [-0.2, -0.15) is 0 Å². The zero-order chi connectivity index (χ0) is 12.9. The minimum absolute atomic E-state index is 0.0416. The van der Waals surface area contributed by atoms with Crippen LogP contribution in [0.5, 0.6) is 5.75 Å². The van der Waals surface area contributed by atoms with Crippen molar-refractivity contribution in [3.63, 3.8) is 0 Å². The molecule has 1 heterocycles. The molecule has 90 valence electrons. The molecule has 17 heavy (non-hydrogen) atoms. The summed E-state index contributed by atoms with van der Waals surface area (Å²) in [7, 11) is 0. The molecule has 0 aliphatic rings. The highest BCUT2D eigenvalue weighted by Crippen LogP contribution is 2.34. The first-order valence-electron chi connectivity index (χ1n) is 5.59. The van der Waals surface area contributed by atoms with Crippen LogP contribution in [0.25, 0.3) is 11.0 Å². The molecule has 2 rings (SSSR count). The van der Waals surface area contributed by atoms with Gasteiger partial charge in [0.25, 0.3) is 0 Å². The molecule has 0 atom stereocenters. The van der Waals surface area contributed by atoms with Crippen LogP contribution in [0.2, 0.25) is 0 Å². The summed E-state index contributed by atoms with van der Waals surface area (Å²) >= 11 is 0. The summed E-state index contributed by atoms with van der Waals surface area (Å²) in [5, 5.41) is 10.8. The van der Waals surface area contributed by atoms with E-state index in [1.54, 1.807) is 6.92 Å². The number of fused-ring (bicyclic) bond motifs is 1. The van der Waals surface area contributed by atoms with Crippen LogP contribution in [0.1, 0.15) is 27.8 Å². The van der Waals surface area contributed by atoms with Gasteiger partial charge in [-0.3, -0.25) is 0 Å². The van der Waals surface area contributed by atoms with E-state index in [2.05, 4.69) is 0 Å². The Bertz CT molecular complexity index is 678. The van der Waals surface area contributed by atoms with E-state index in [0.717, 1.165) is 22.3 Å². The van der Waals surface area contributed by atoms with E-state index in [-0.39, 0.29) is 11.3 Å². The smallest absolute Gasteiger partial charge is 0.342 e. The van der Waals surface area contributed by atoms with E-state index in [4.69, 9.17) is 4.42 Å². The Morgan fingerprint density at radius 3 is 1.94 bits per heavy atom. The van der Waals surface area contributed by atoms with Crippen molar-refractivity contribution < 1.29 is 9.52 Å². The summed E-state index contributed by atoms with van der Waals surface area (Å²) in [4.78, 5) is 11.6. The van der Waals surface area contributed by atoms with Gasteiger partial charge in [0.05, 0.1) is 10.9 Å². The lowest BCUT2D eigenvalue weighted by Crippen LogP contribution is -2.06. The summed E-state index contributed by atoms with van der Waals surface area (Å²) in [5.74, 6) is 0.0416. The van der Waals surface area contributed by atoms with Crippen molar-refractivity contribution >= 4 is 11.0 Å². The molecule has 0 aliphatic carbocycles. The Hall–Kier alpha value is -1.77. The summed E-state index contributed by atoms with van der Waals surface area (Å²) in [6.07, 6.45) is 0. The lowest BCUT2D eigenvalue weighted by atomic mass is 9.94. The molecule has 1 aromatic heterocycles. The standard InChI is InChI=1S/C14H16O3/c1-6-7(2)9(4)13-11(8(6)3)12(15)10(5)14(16)17-13/h15H,1-5H3. The number of aryl methyl sites for hydroxylation is 2. The Balaban J connectivity index is 3.18. The number of rotatable bonds is 0. The molecule has 2 aromatic rings. The maximum absolute atomic E-state index is 11.6. The van der Waals surface area contributed by atoms with Crippen molar-refractivity contribution in [1.29, 1.82) is 0 Å². The van der Waals surface area contributed by atoms with Gasteiger partial charge in [0, 0.05) is 0 Å². The first-order valence-corrected chi connectivity index (χ1v) is 5.59. The molecule has 0 spiro atoms. The molecule has 3 heteroatoms. The SMILES string of the molecule is Cc1c(C)c(C)c2c(O)c(C)c(=O)oc2c1C. The van der Waals surface area contributed by atoms with Gasteiger partial charge in [-0.15, -0.1) is 0 Å². The zero-order valence-electron chi connectivity index (χ0n) is 10.8. The monoisotopic (exact) mass is 232 g/mol. The molecule has 3 nitrogen and oxygen atoms in total. The van der Waals surface area contributed by atoms with E-state index < -0.39 is 5.63 Å². The largest absolute Gasteiger partial charge is 0.507 e. The Morgan fingerprint density at radius 1 is 0.824 bits per heavy atom. The van der Waals surface area contributed by atoms with Crippen LogP contribution < -0.4 is 5.63 Å². The maximum Gasteiger partial charge on any atom is 0.342 e. The quantitative estimate of drug-likeness (QED) is 0.710. The zero-order valence-corrected chi connectivity index (χ0v) is 10.8. The lowest BCUT2D eigenvalue weighted by Gasteiger charge is -2.14. The van der Waals surface area contributed by atoms with Crippen molar-refractivity contribution in [2.24, 2.45) is 0 Å². The van der Waals surface area contributed by atoms with Gasteiger partial charge in [0.1, 0.15) is 11.3 Å². The molecule has 0 unspecified atom stereocenters. The Labute approximate surface area is 99.7 Å². The molecule has 0 fully saturated rings. The first-order chi connectivity index (χ1) is 7.86. The molecule has 0 bridgehead atoms. The predicted molar refractivity (Wildman–Crippen MR) is 67.8 cm³/mol. The van der Waals surface area contributed by atoms with Crippen LogP contribution in [0, 0.1) is 34.6 Å². The fraction of sp³-hybridized carbons (Fsp3) is 0.357. The average molecular weight is 232 g/mol. The van der Waals surface area contributed by atoms with Crippen molar-refractivity contribution in [3.8, 4) is 5.75 Å². The summed E-state index contributed by atoms with van der Waals surface area (Å²) < 4.78 is 5.31. The third kappa shape index (κ3) is 1.46. The number of aromatic hydroxyl groups is 1. The molecule has 0 saturated carbocycles. The molecular formula is C14H16O3. The van der Waals surface area contributed by atoms with E-state index >= 15 is 0 Å². The van der Waals surface area contributed by atoms with Crippen molar-refractivity contribution in [2.75, 3.05) is 0 Å². The normalized spacial score (nSPS) is 11.1. The third-order valence-electron chi connectivity index (χ3n) is 3.72. The van der Waals surface area contributed by atoms with Crippen LogP contribution in [0.4, 0.5) is 0 Å². The highest BCUT2D eigenvalue weighted by atomic mass is 16.4. The number of benzene rings is 1. The fourth-order valence-corrected chi connectivity index (χ4v) is 2.14. The average Bonchev–Trinajstić information content (AvgIpc) is 2.30. The second kappa shape index (κ2) is 3.62. The molecule has 0 saturated heterocycles. The summed E-state index contributed by atoms with van der Waals surface area (Å²) in [5.41, 5.74) is 4.39. The topological polar surface area (TPSA) is 50.4 Å². The van der Waals surface area contributed by atoms with Crippen LogP contribution in [0.3, 0.4) is 0 Å². The van der Waals surface area contributed by atoms with E-state index in [1.807, 2.05) is 27.7 Å². The minimum atomic E-state index is -0.472. The third-order valence-corrected chi connectivity index (χ3v) is 3.72. The fourth-order valence-electron chi connectivity index (χ4n) is 2.14. The second-order valence-corrected chi connectivity index (χ2v) is 4.57. The highest BCUT2D eigenvalue weighted by molar-refractivity contribution is 5.91. The van der Waals surface area contributed by atoms with Crippen molar-refractivity contribution in [3.05, 3.63) is 38.2 Å². The summed E-state index contributed by atoms with van der Waals surface area (Å²) in [6.45, 7) is 9.42. The molecule has 1 N–H and O–H groups in total. The molecule has 0 amide bonds. The maximum atomic E-state index is 11.6. The lowest BCUT2D eigenvalue weighted by molar-refractivity contribution is 0.460. The number of hydrogen-bond donors (Lipinski definition) is 1. The van der Waals surface area contributed by atoms with Crippen LogP contribution in [0.15, 0.2) is 9.21 Å².